The van der Waals surface area contributed by atoms with Gasteiger partial charge in [0, 0.05) is 0 Å². The average Bonchev–Trinajstić information content (AvgIpc) is 2.43. The number of benzene rings is 1. The fourth-order valence-electron chi connectivity index (χ4n) is 2.20. The van der Waals surface area contributed by atoms with Gasteiger partial charge in [-0.15, -0.1) is 0 Å². The lowest BCUT2D eigenvalue weighted by atomic mass is 9.95. The van der Waals surface area contributed by atoms with Crippen LogP contribution in [0.25, 0.3) is 0 Å². The average molecular weight is 310 g/mol. The minimum atomic E-state index is -2.21. The Labute approximate surface area is 127 Å². The topological polar surface area (TPSA) is 66.8 Å². The van der Waals surface area contributed by atoms with Gasteiger partial charge in [0.1, 0.15) is 0 Å². The van der Waals surface area contributed by atoms with E-state index >= 15 is 0 Å². The summed E-state index contributed by atoms with van der Waals surface area (Å²) in [5.41, 5.74) is 0.798. The van der Waals surface area contributed by atoms with Gasteiger partial charge in [-0.2, -0.15) is 0 Å². The number of aliphatic hydroxyl groups excluding tert-OH is 1. The summed E-state index contributed by atoms with van der Waals surface area (Å²) in [5, 5.41) is 10.3. The Balaban J connectivity index is 2.70. The van der Waals surface area contributed by atoms with Crippen molar-refractivity contribution in [2.24, 2.45) is 5.92 Å². The summed E-state index contributed by atoms with van der Waals surface area (Å²) in [6.45, 7) is 5.80. The van der Waals surface area contributed by atoms with E-state index in [9.17, 15) is 14.7 Å². The van der Waals surface area contributed by atoms with Crippen LogP contribution in [-0.2, 0) is 9.53 Å². The zero-order chi connectivity index (χ0) is 15.9. The number of ether oxygens (including phenoxy) is 1. The highest BCUT2D eigenvalue weighted by molar-refractivity contribution is 6.69. The molecule has 0 saturated heterocycles. The van der Waals surface area contributed by atoms with Crippen LogP contribution in [0.4, 0.5) is 0 Å². The molecule has 0 bridgehead atoms. The van der Waals surface area contributed by atoms with Gasteiger partial charge in [-0.3, -0.25) is 4.79 Å². The van der Waals surface area contributed by atoms with E-state index < -0.39 is 14.4 Å². The smallest absolute Gasteiger partial charge is 0.309 e. The molecule has 0 radical (unpaired) electrons. The summed E-state index contributed by atoms with van der Waals surface area (Å²) in [6.07, 6.45) is 0.190. The second kappa shape index (κ2) is 8.31. The molecule has 0 heterocycles. The molecule has 118 valence electrons. The van der Waals surface area contributed by atoms with E-state index in [2.05, 4.69) is 0 Å². The van der Waals surface area contributed by atoms with Crippen molar-refractivity contribution in [2.45, 2.75) is 45.0 Å². The van der Waals surface area contributed by atoms with Crippen LogP contribution in [0.5, 0.6) is 0 Å². The van der Waals surface area contributed by atoms with Crippen molar-refractivity contribution in [3.8, 4) is 0 Å². The van der Waals surface area contributed by atoms with Crippen molar-refractivity contribution in [2.75, 3.05) is 6.61 Å². The van der Waals surface area contributed by atoms with E-state index in [-0.39, 0.29) is 11.9 Å². The predicted molar refractivity (Wildman–Crippen MR) is 85.3 cm³/mol. The Morgan fingerprint density at radius 1 is 1.29 bits per heavy atom. The number of carbonyl (C=O) groups is 1. The summed E-state index contributed by atoms with van der Waals surface area (Å²) in [6, 6.07) is 9.93. The first-order valence-corrected chi connectivity index (χ1v) is 10.6. The second-order valence-electron chi connectivity index (χ2n) is 5.96. The highest BCUT2D eigenvalue weighted by atomic mass is 28.4. The first kappa shape index (κ1) is 17.9. The highest BCUT2D eigenvalue weighted by Gasteiger charge is 2.27. The van der Waals surface area contributed by atoms with Gasteiger partial charge in [0.05, 0.1) is 18.6 Å². The fraction of sp³-hybridized carbons (Fsp3) is 0.562. The molecule has 0 aliphatic rings. The Morgan fingerprint density at radius 3 is 2.43 bits per heavy atom. The molecule has 0 spiro atoms. The van der Waals surface area contributed by atoms with Crippen LogP contribution in [0.3, 0.4) is 0 Å². The molecular weight excluding hydrogens is 284 g/mol. The van der Waals surface area contributed by atoms with E-state index in [0.29, 0.717) is 25.5 Å². The summed E-state index contributed by atoms with van der Waals surface area (Å²) < 4.78 is 5.09. The molecule has 0 unspecified atom stereocenters. The molecule has 1 rings (SSSR count). The Bertz CT molecular complexity index is 428. The molecule has 4 nitrogen and oxygen atoms in total. The third-order valence-corrected chi connectivity index (χ3v) is 4.93. The summed E-state index contributed by atoms with van der Waals surface area (Å²) >= 11 is 0. The number of carbonyl (C=O) groups excluding carboxylic acids is 1. The molecule has 0 saturated carbocycles. The van der Waals surface area contributed by atoms with Crippen molar-refractivity contribution in [3.63, 3.8) is 0 Å². The minimum absolute atomic E-state index is 0.286. The quantitative estimate of drug-likeness (QED) is 0.572. The molecular formula is C16H26O4Si. The lowest BCUT2D eigenvalue weighted by molar-refractivity contribution is -0.149. The largest absolute Gasteiger partial charge is 0.466 e. The van der Waals surface area contributed by atoms with Gasteiger partial charge in [-0.25, -0.2) is 0 Å². The molecule has 0 aromatic heterocycles. The molecule has 2 atom stereocenters. The van der Waals surface area contributed by atoms with Gasteiger partial charge in [-0.05, 0) is 44.5 Å². The van der Waals surface area contributed by atoms with Crippen LogP contribution < -0.4 is 0 Å². The van der Waals surface area contributed by atoms with Gasteiger partial charge in [0.2, 0.25) is 0 Å². The van der Waals surface area contributed by atoms with Gasteiger partial charge >= 0.3 is 5.97 Å². The third-order valence-electron chi connectivity index (χ3n) is 3.42. The SMILES string of the molecule is CCOC(=O)[C@H](CC[Si](C)(C)O)C[C@@H](O)c1ccccc1. The zero-order valence-corrected chi connectivity index (χ0v) is 14.1. The number of hydrogen-bond donors (Lipinski definition) is 2. The summed E-state index contributed by atoms with van der Waals surface area (Å²) in [7, 11) is -2.21. The van der Waals surface area contributed by atoms with E-state index in [4.69, 9.17) is 4.74 Å². The maximum Gasteiger partial charge on any atom is 0.309 e. The summed E-state index contributed by atoms with van der Waals surface area (Å²) in [5.74, 6) is -0.662. The number of rotatable bonds is 8. The Hall–Kier alpha value is -1.17. The van der Waals surface area contributed by atoms with Gasteiger partial charge in [-0.1, -0.05) is 30.3 Å². The van der Waals surface area contributed by atoms with E-state index in [1.807, 2.05) is 43.4 Å². The van der Waals surface area contributed by atoms with E-state index in [1.165, 1.54) is 0 Å². The molecule has 21 heavy (non-hydrogen) atoms. The summed E-state index contributed by atoms with van der Waals surface area (Å²) in [4.78, 5) is 22.0. The zero-order valence-electron chi connectivity index (χ0n) is 13.1. The molecule has 1 aromatic carbocycles. The van der Waals surface area contributed by atoms with Gasteiger partial charge in [0.15, 0.2) is 8.32 Å². The minimum Gasteiger partial charge on any atom is -0.466 e. The Morgan fingerprint density at radius 2 is 1.90 bits per heavy atom. The second-order valence-corrected chi connectivity index (χ2v) is 10.1. The maximum absolute atomic E-state index is 12.0. The van der Waals surface area contributed by atoms with Crippen molar-refractivity contribution < 1.29 is 19.4 Å². The van der Waals surface area contributed by atoms with Crippen molar-refractivity contribution in [1.82, 2.24) is 0 Å². The first-order valence-electron chi connectivity index (χ1n) is 7.45. The highest BCUT2D eigenvalue weighted by Crippen LogP contribution is 2.26. The number of esters is 1. The van der Waals surface area contributed by atoms with Crippen molar-refractivity contribution in [1.29, 1.82) is 0 Å². The van der Waals surface area contributed by atoms with Crippen LogP contribution >= 0.6 is 0 Å². The lowest BCUT2D eigenvalue weighted by Crippen LogP contribution is -2.28. The molecule has 0 amide bonds. The fourth-order valence-corrected chi connectivity index (χ4v) is 3.26. The van der Waals surface area contributed by atoms with Crippen LogP contribution in [-0.4, -0.2) is 30.8 Å². The van der Waals surface area contributed by atoms with Gasteiger partial charge in [0.25, 0.3) is 0 Å². The molecule has 1 aromatic rings. The third kappa shape index (κ3) is 6.88. The van der Waals surface area contributed by atoms with E-state index in [1.54, 1.807) is 6.92 Å². The molecule has 0 aliphatic carbocycles. The number of hydrogen-bond acceptors (Lipinski definition) is 4. The van der Waals surface area contributed by atoms with Crippen LogP contribution in [0.1, 0.15) is 31.4 Å². The number of aliphatic hydroxyl groups is 1. The lowest BCUT2D eigenvalue weighted by Gasteiger charge is -2.22. The first-order chi connectivity index (χ1) is 9.83. The van der Waals surface area contributed by atoms with Crippen molar-refractivity contribution in [3.05, 3.63) is 35.9 Å². The molecule has 0 aliphatic heterocycles. The van der Waals surface area contributed by atoms with Crippen LogP contribution in [0.2, 0.25) is 19.1 Å². The Kier molecular flexibility index (Phi) is 7.08. The molecule has 0 fully saturated rings. The van der Waals surface area contributed by atoms with Gasteiger partial charge < -0.3 is 14.6 Å². The normalized spacial score (nSPS) is 14.5. The van der Waals surface area contributed by atoms with Crippen molar-refractivity contribution >= 4 is 14.3 Å². The molecule has 2 N–H and O–H groups in total. The van der Waals surface area contributed by atoms with Crippen LogP contribution in [0.15, 0.2) is 30.3 Å². The van der Waals surface area contributed by atoms with E-state index in [0.717, 1.165) is 5.56 Å². The predicted octanol–water partition coefficient (Wildman–Crippen LogP) is 2.88. The molecule has 5 heteroatoms. The standard InChI is InChI=1S/C16H26O4Si/c1-4-20-16(18)14(10-11-21(2,3)19)12-15(17)13-8-6-5-7-9-13/h5-9,14-15,17,19H,4,10-12H2,1-3H3/t14-,15-/m1/s1. The monoisotopic (exact) mass is 310 g/mol. The maximum atomic E-state index is 12.0. The van der Waals surface area contributed by atoms with Crippen LogP contribution in [0, 0.1) is 5.92 Å².